The van der Waals surface area contributed by atoms with Crippen molar-refractivity contribution in [2.45, 2.75) is 12.8 Å². The monoisotopic (exact) mass is 245 g/mol. The molecule has 1 aliphatic rings. The lowest BCUT2D eigenvalue weighted by molar-refractivity contribution is -0.149. The predicted octanol–water partition coefficient (Wildman–Crippen LogP) is -0.0274. The van der Waals surface area contributed by atoms with E-state index in [9.17, 15) is 9.59 Å². The van der Waals surface area contributed by atoms with Crippen LogP contribution in [0, 0.1) is 5.92 Å². The first-order chi connectivity index (χ1) is 8.15. The van der Waals surface area contributed by atoms with Crippen molar-refractivity contribution in [3.8, 4) is 0 Å². The molecule has 0 radical (unpaired) electrons. The van der Waals surface area contributed by atoms with Crippen LogP contribution in [0.15, 0.2) is 0 Å². The lowest BCUT2D eigenvalue weighted by Gasteiger charge is -2.28. The molecule has 0 aromatic heterocycles. The van der Waals surface area contributed by atoms with Gasteiger partial charge in [-0.05, 0) is 12.8 Å². The Hall–Kier alpha value is -1.14. The zero-order chi connectivity index (χ0) is 12.7. The van der Waals surface area contributed by atoms with Gasteiger partial charge < -0.3 is 19.5 Å². The van der Waals surface area contributed by atoms with Crippen LogP contribution < -0.4 is 0 Å². The summed E-state index contributed by atoms with van der Waals surface area (Å²) in [5.41, 5.74) is 0. The van der Waals surface area contributed by atoms with Crippen LogP contribution in [-0.2, 0) is 19.1 Å². The van der Waals surface area contributed by atoms with Crippen LogP contribution in [0.25, 0.3) is 0 Å². The largest absolute Gasteiger partial charge is 0.480 e. The Morgan fingerprint density at radius 3 is 2.82 bits per heavy atom. The van der Waals surface area contributed by atoms with E-state index in [0.29, 0.717) is 26.4 Å². The van der Waals surface area contributed by atoms with Gasteiger partial charge in [0.15, 0.2) is 0 Å². The van der Waals surface area contributed by atoms with E-state index in [1.54, 1.807) is 0 Å². The minimum atomic E-state index is -1.01. The van der Waals surface area contributed by atoms with E-state index in [2.05, 4.69) is 0 Å². The zero-order valence-corrected chi connectivity index (χ0v) is 10.1. The van der Waals surface area contributed by atoms with Crippen molar-refractivity contribution in [2.24, 2.45) is 5.92 Å². The lowest BCUT2D eigenvalue weighted by atomic mass is 10.0. The Balaban J connectivity index is 2.53. The maximum Gasteiger partial charge on any atom is 0.323 e. The van der Waals surface area contributed by atoms with Crippen LogP contribution >= 0.6 is 0 Å². The Kier molecular flexibility index (Phi) is 5.93. The summed E-state index contributed by atoms with van der Waals surface area (Å²) in [6, 6.07) is 0. The van der Waals surface area contributed by atoms with Gasteiger partial charge in [-0.1, -0.05) is 0 Å². The van der Waals surface area contributed by atoms with Gasteiger partial charge in [-0.3, -0.25) is 9.59 Å². The second-order valence-corrected chi connectivity index (χ2v) is 4.06. The Morgan fingerprint density at radius 2 is 2.29 bits per heavy atom. The summed E-state index contributed by atoms with van der Waals surface area (Å²) >= 11 is 0. The summed E-state index contributed by atoms with van der Waals surface area (Å²) in [6.45, 7) is 1.44. The first-order valence-corrected chi connectivity index (χ1v) is 5.72. The molecule has 0 spiro atoms. The number of hydrogen-bond donors (Lipinski definition) is 1. The SMILES string of the molecule is COCCN(CC(=O)O)C(=O)[C@H]1CCCOC1. The van der Waals surface area contributed by atoms with Gasteiger partial charge >= 0.3 is 5.97 Å². The molecule has 6 heteroatoms. The van der Waals surface area contributed by atoms with Crippen LogP contribution in [0.1, 0.15) is 12.8 Å². The average molecular weight is 245 g/mol. The number of aliphatic carboxylic acids is 1. The Bertz CT molecular complexity index is 263. The predicted molar refractivity (Wildman–Crippen MR) is 59.6 cm³/mol. The maximum absolute atomic E-state index is 12.1. The van der Waals surface area contributed by atoms with E-state index in [1.165, 1.54) is 12.0 Å². The molecule has 0 aliphatic carbocycles. The number of methoxy groups -OCH3 is 1. The van der Waals surface area contributed by atoms with Gasteiger partial charge in [-0.25, -0.2) is 0 Å². The summed E-state index contributed by atoms with van der Waals surface area (Å²) in [5, 5.41) is 8.76. The zero-order valence-electron chi connectivity index (χ0n) is 10.1. The normalized spacial score (nSPS) is 19.9. The number of rotatable bonds is 6. The molecule has 17 heavy (non-hydrogen) atoms. The number of nitrogens with zero attached hydrogens (tertiary/aromatic N) is 1. The Labute approximate surface area is 100 Å². The third kappa shape index (κ3) is 4.70. The van der Waals surface area contributed by atoms with Crippen LogP contribution in [0.4, 0.5) is 0 Å². The van der Waals surface area contributed by atoms with E-state index in [-0.39, 0.29) is 18.4 Å². The quantitative estimate of drug-likeness (QED) is 0.711. The number of carbonyl (C=O) groups excluding carboxylic acids is 1. The molecule has 98 valence electrons. The molecule has 1 amide bonds. The molecule has 0 aromatic carbocycles. The molecule has 6 nitrogen and oxygen atoms in total. The molecule has 1 fully saturated rings. The fourth-order valence-corrected chi connectivity index (χ4v) is 1.83. The highest BCUT2D eigenvalue weighted by Gasteiger charge is 2.27. The number of carboxylic acid groups (broad SMARTS) is 1. The minimum absolute atomic E-state index is 0.149. The Morgan fingerprint density at radius 1 is 1.53 bits per heavy atom. The van der Waals surface area contributed by atoms with Gasteiger partial charge in [0.25, 0.3) is 0 Å². The molecule has 1 heterocycles. The van der Waals surface area contributed by atoms with Gasteiger partial charge in [-0.15, -0.1) is 0 Å². The number of carboxylic acids is 1. The topological polar surface area (TPSA) is 76.1 Å². The highest BCUT2D eigenvalue weighted by Crippen LogP contribution is 2.16. The number of carbonyl (C=O) groups is 2. The summed E-state index contributed by atoms with van der Waals surface area (Å²) in [7, 11) is 1.52. The van der Waals surface area contributed by atoms with Crippen LogP contribution in [0.2, 0.25) is 0 Å². The highest BCUT2D eigenvalue weighted by molar-refractivity contribution is 5.83. The maximum atomic E-state index is 12.1. The number of hydrogen-bond acceptors (Lipinski definition) is 4. The smallest absolute Gasteiger partial charge is 0.323 e. The number of ether oxygens (including phenoxy) is 2. The second-order valence-electron chi connectivity index (χ2n) is 4.06. The van der Waals surface area contributed by atoms with Crippen molar-refractivity contribution >= 4 is 11.9 Å². The standard InChI is InChI=1S/C11H19NO5/c1-16-6-4-12(7-10(13)14)11(15)9-3-2-5-17-8-9/h9H,2-8H2,1H3,(H,13,14)/t9-/m0/s1. The van der Waals surface area contributed by atoms with Gasteiger partial charge in [0.1, 0.15) is 6.54 Å². The van der Waals surface area contributed by atoms with E-state index in [4.69, 9.17) is 14.6 Å². The van der Waals surface area contributed by atoms with Gasteiger partial charge in [0.05, 0.1) is 19.1 Å². The minimum Gasteiger partial charge on any atom is -0.480 e. The summed E-state index contributed by atoms with van der Waals surface area (Å²) < 4.78 is 10.1. The van der Waals surface area contributed by atoms with Crippen molar-refractivity contribution in [2.75, 3.05) is 40.0 Å². The second kappa shape index (κ2) is 7.24. The van der Waals surface area contributed by atoms with E-state index in [1.807, 2.05) is 0 Å². The highest BCUT2D eigenvalue weighted by atomic mass is 16.5. The van der Waals surface area contributed by atoms with Crippen molar-refractivity contribution in [1.29, 1.82) is 0 Å². The van der Waals surface area contributed by atoms with Crippen molar-refractivity contribution in [3.05, 3.63) is 0 Å². The van der Waals surface area contributed by atoms with E-state index in [0.717, 1.165) is 12.8 Å². The molecular weight excluding hydrogens is 226 g/mol. The molecule has 1 atom stereocenters. The molecule has 1 saturated heterocycles. The fourth-order valence-electron chi connectivity index (χ4n) is 1.83. The third-order valence-corrected chi connectivity index (χ3v) is 2.71. The molecule has 1 N–H and O–H groups in total. The van der Waals surface area contributed by atoms with Crippen LogP contribution in [0.5, 0.6) is 0 Å². The molecule has 0 aromatic rings. The molecule has 0 unspecified atom stereocenters. The van der Waals surface area contributed by atoms with Crippen molar-refractivity contribution < 1.29 is 24.2 Å². The third-order valence-electron chi connectivity index (χ3n) is 2.71. The molecule has 0 saturated carbocycles. The fraction of sp³-hybridized carbons (Fsp3) is 0.818. The summed E-state index contributed by atoms with van der Waals surface area (Å²) in [6.07, 6.45) is 1.61. The molecule has 1 rings (SSSR count). The van der Waals surface area contributed by atoms with Gasteiger partial charge in [0.2, 0.25) is 5.91 Å². The van der Waals surface area contributed by atoms with Gasteiger partial charge in [0, 0.05) is 20.3 Å². The summed E-state index contributed by atoms with van der Waals surface area (Å²) in [4.78, 5) is 24.1. The summed E-state index contributed by atoms with van der Waals surface area (Å²) in [5.74, 6) is -1.37. The molecule has 1 aliphatic heterocycles. The molecule has 0 bridgehead atoms. The van der Waals surface area contributed by atoms with Gasteiger partial charge in [-0.2, -0.15) is 0 Å². The average Bonchev–Trinajstić information content (AvgIpc) is 2.34. The lowest BCUT2D eigenvalue weighted by Crippen LogP contribution is -2.43. The number of amides is 1. The van der Waals surface area contributed by atoms with Crippen molar-refractivity contribution in [3.63, 3.8) is 0 Å². The van der Waals surface area contributed by atoms with Crippen LogP contribution in [0.3, 0.4) is 0 Å². The van der Waals surface area contributed by atoms with Crippen LogP contribution in [-0.4, -0.2) is 61.9 Å². The first-order valence-electron chi connectivity index (χ1n) is 5.72. The first kappa shape index (κ1) is 13.9. The van der Waals surface area contributed by atoms with E-state index >= 15 is 0 Å². The van der Waals surface area contributed by atoms with E-state index < -0.39 is 5.97 Å². The molecular formula is C11H19NO5. The van der Waals surface area contributed by atoms with Crippen molar-refractivity contribution in [1.82, 2.24) is 4.90 Å².